The zero-order valence-corrected chi connectivity index (χ0v) is 13.6. The molecular weight excluding hydrogens is 300 g/mol. The maximum atomic E-state index is 12.6. The lowest BCUT2D eigenvalue weighted by atomic mass is 10.2. The van der Waals surface area contributed by atoms with Crippen LogP contribution in [-0.2, 0) is 10.0 Å². The van der Waals surface area contributed by atoms with Gasteiger partial charge in [0.15, 0.2) is 0 Å². The zero-order chi connectivity index (χ0) is 15.7. The molecule has 0 radical (unpaired) electrons. The Labute approximate surface area is 130 Å². The summed E-state index contributed by atoms with van der Waals surface area (Å²) in [5.74, 6) is 0. The van der Waals surface area contributed by atoms with Crippen LogP contribution < -0.4 is 4.90 Å². The van der Waals surface area contributed by atoms with E-state index in [1.54, 1.807) is 28.6 Å². The number of aromatic nitrogens is 2. The van der Waals surface area contributed by atoms with E-state index in [1.165, 1.54) is 0 Å². The molecule has 0 aliphatic carbocycles. The van der Waals surface area contributed by atoms with Crippen molar-refractivity contribution in [1.82, 2.24) is 14.5 Å². The molecule has 1 fully saturated rings. The number of aryl methyl sites for hydroxylation is 2. The average molecular weight is 320 g/mol. The largest absolute Gasteiger partial charge is 0.366 e. The highest BCUT2D eigenvalue weighted by Crippen LogP contribution is 2.25. The molecule has 118 valence electrons. The maximum Gasteiger partial charge on any atom is 0.243 e. The summed E-state index contributed by atoms with van der Waals surface area (Å²) < 4.78 is 26.8. The van der Waals surface area contributed by atoms with Gasteiger partial charge in [-0.05, 0) is 26.0 Å². The van der Waals surface area contributed by atoms with Crippen molar-refractivity contribution in [2.24, 2.45) is 0 Å². The molecule has 1 aliphatic heterocycles. The summed E-state index contributed by atoms with van der Waals surface area (Å²) in [5.41, 5.74) is 3.07. The smallest absolute Gasteiger partial charge is 0.243 e. The Morgan fingerprint density at radius 2 is 1.68 bits per heavy atom. The van der Waals surface area contributed by atoms with Crippen LogP contribution in [0.25, 0.3) is 0 Å². The standard InChI is InChI=1S/C15H20N4O2S/c1-12-15(13(2)17-16-12)18-8-10-19(11-9-18)22(20,21)14-6-4-3-5-7-14/h3-7H,8-11H2,1-2H3,(H,16,17). The van der Waals surface area contributed by atoms with Gasteiger partial charge in [0.1, 0.15) is 0 Å². The normalized spacial score (nSPS) is 16.9. The van der Waals surface area contributed by atoms with Gasteiger partial charge < -0.3 is 4.90 Å². The Bertz CT molecular complexity index is 728. The third kappa shape index (κ3) is 2.62. The molecular formula is C15H20N4O2S. The number of nitrogens with zero attached hydrogens (tertiary/aromatic N) is 3. The second-order valence-corrected chi connectivity index (χ2v) is 7.42. The first-order valence-electron chi connectivity index (χ1n) is 7.32. The monoisotopic (exact) mass is 320 g/mol. The minimum Gasteiger partial charge on any atom is -0.366 e. The van der Waals surface area contributed by atoms with Crippen LogP contribution in [0.4, 0.5) is 5.69 Å². The lowest BCUT2D eigenvalue weighted by molar-refractivity contribution is 0.384. The van der Waals surface area contributed by atoms with E-state index in [4.69, 9.17) is 0 Å². The second kappa shape index (κ2) is 5.73. The van der Waals surface area contributed by atoms with E-state index in [9.17, 15) is 8.42 Å². The molecule has 2 aromatic rings. The predicted octanol–water partition coefficient (Wildman–Crippen LogP) is 1.54. The van der Waals surface area contributed by atoms with Gasteiger partial charge in [-0.2, -0.15) is 9.40 Å². The lowest BCUT2D eigenvalue weighted by Gasteiger charge is -2.35. The van der Waals surface area contributed by atoms with Crippen molar-refractivity contribution >= 4 is 15.7 Å². The molecule has 1 saturated heterocycles. The van der Waals surface area contributed by atoms with Gasteiger partial charge in [-0.1, -0.05) is 18.2 Å². The number of aromatic amines is 1. The van der Waals surface area contributed by atoms with E-state index in [1.807, 2.05) is 19.9 Å². The van der Waals surface area contributed by atoms with E-state index in [0.29, 0.717) is 31.1 Å². The number of sulfonamides is 1. The Hall–Kier alpha value is -1.86. The molecule has 3 rings (SSSR count). The van der Waals surface area contributed by atoms with Crippen molar-refractivity contribution in [1.29, 1.82) is 0 Å². The number of nitrogens with one attached hydrogen (secondary N) is 1. The minimum atomic E-state index is -3.39. The van der Waals surface area contributed by atoms with E-state index >= 15 is 0 Å². The molecule has 1 aromatic carbocycles. The van der Waals surface area contributed by atoms with Crippen molar-refractivity contribution in [3.8, 4) is 0 Å². The first-order valence-corrected chi connectivity index (χ1v) is 8.76. The maximum absolute atomic E-state index is 12.6. The molecule has 1 N–H and O–H groups in total. The zero-order valence-electron chi connectivity index (χ0n) is 12.8. The van der Waals surface area contributed by atoms with Gasteiger partial charge in [0.25, 0.3) is 0 Å². The van der Waals surface area contributed by atoms with Gasteiger partial charge >= 0.3 is 0 Å². The summed E-state index contributed by atoms with van der Waals surface area (Å²) in [6.07, 6.45) is 0. The number of rotatable bonds is 3. The van der Waals surface area contributed by atoms with Crippen LogP contribution in [0, 0.1) is 13.8 Å². The Balaban J connectivity index is 1.75. The number of piperazine rings is 1. The SMILES string of the molecule is Cc1n[nH]c(C)c1N1CCN(S(=O)(=O)c2ccccc2)CC1. The van der Waals surface area contributed by atoms with Gasteiger partial charge in [0.2, 0.25) is 10.0 Å². The van der Waals surface area contributed by atoms with Crippen LogP contribution in [-0.4, -0.2) is 49.1 Å². The van der Waals surface area contributed by atoms with E-state index < -0.39 is 10.0 Å². The Kier molecular flexibility index (Phi) is 3.92. The van der Waals surface area contributed by atoms with E-state index in [2.05, 4.69) is 15.1 Å². The summed E-state index contributed by atoms with van der Waals surface area (Å²) in [6.45, 7) is 6.28. The van der Waals surface area contributed by atoms with Crippen LogP contribution in [0.3, 0.4) is 0 Å². The molecule has 0 saturated carbocycles. The predicted molar refractivity (Wildman–Crippen MR) is 85.5 cm³/mol. The van der Waals surface area contributed by atoms with Gasteiger partial charge in [0.05, 0.1) is 22.0 Å². The summed E-state index contributed by atoms with van der Waals surface area (Å²) in [7, 11) is -3.39. The fraction of sp³-hybridized carbons (Fsp3) is 0.400. The van der Waals surface area contributed by atoms with Crippen molar-refractivity contribution in [3.05, 3.63) is 41.7 Å². The molecule has 0 bridgehead atoms. The fourth-order valence-electron chi connectivity index (χ4n) is 2.90. The quantitative estimate of drug-likeness (QED) is 0.931. The first kappa shape index (κ1) is 15.1. The third-order valence-electron chi connectivity index (χ3n) is 4.03. The fourth-order valence-corrected chi connectivity index (χ4v) is 4.35. The van der Waals surface area contributed by atoms with Crippen molar-refractivity contribution < 1.29 is 8.42 Å². The molecule has 2 heterocycles. The molecule has 6 nitrogen and oxygen atoms in total. The molecule has 7 heteroatoms. The molecule has 0 amide bonds. The van der Waals surface area contributed by atoms with Crippen molar-refractivity contribution in [3.63, 3.8) is 0 Å². The summed E-state index contributed by atoms with van der Waals surface area (Å²) in [6, 6.07) is 8.61. The van der Waals surface area contributed by atoms with Crippen LogP contribution in [0.2, 0.25) is 0 Å². The van der Waals surface area contributed by atoms with Crippen LogP contribution >= 0.6 is 0 Å². The highest BCUT2D eigenvalue weighted by molar-refractivity contribution is 7.89. The number of hydrogen-bond acceptors (Lipinski definition) is 4. The van der Waals surface area contributed by atoms with E-state index in [0.717, 1.165) is 17.1 Å². The van der Waals surface area contributed by atoms with Gasteiger partial charge in [-0.3, -0.25) is 5.10 Å². The van der Waals surface area contributed by atoms with Crippen LogP contribution in [0.1, 0.15) is 11.4 Å². The molecule has 0 spiro atoms. The van der Waals surface area contributed by atoms with E-state index in [-0.39, 0.29) is 0 Å². The Morgan fingerprint density at radius 1 is 1.05 bits per heavy atom. The molecule has 22 heavy (non-hydrogen) atoms. The number of hydrogen-bond donors (Lipinski definition) is 1. The first-order chi connectivity index (χ1) is 10.5. The lowest BCUT2D eigenvalue weighted by Crippen LogP contribution is -2.48. The van der Waals surface area contributed by atoms with Crippen molar-refractivity contribution in [2.75, 3.05) is 31.1 Å². The molecule has 1 aliphatic rings. The van der Waals surface area contributed by atoms with Crippen molar-refractivity contribution in [2.45, 2.75) is 18.7 Å². The van der Waals surface area contributed by atoms with Gasteiger partial charge in [-0.15, -0.1) is 0 Å². The summed E-state index contributed by atoms with van der Waals surface area (Å²) >= 11 is 0. The number of benzene rings is 1. The summed E-state index contributed by atoms with van der Waals surface area (Å²) in [4.78, 5) is 2.56. The number of anilines is 1. The van der Waals surface area contributed by atoms with Crippen LogP contribution in [0.5, 0.6) is 0 Å². The molecule has 0 atom stereocenters. The topological polar surface area (TPSA) is 69.3 Å². The molecule has 0 unspecified atom stereocenters. The highest BCUT2D eigenvalue weighted by Gasteiger charge is 2.29. The average Bonchev–Trinajstić information content (AvgIpc) is 2.87. The third-order valence-corrected chi connectivity index (χ3v) is 5.94. The van der Waals surface area contributed by atoms with Gasteiger partial charge in [-0.25, -0.2) is 8.42 Å². The summed E-state index contributed by atoms with van der Waals surface area (Å²) in [5, 5.41) is 7.19. The highest BCUT2D eigenvalue weighted by atomic mass is 32.2. The second-order valence-electron chi connectivity index (χ2n) is 5.49. The molecule has 1 aromatic heterocycles. The Morgan fingerprint density at radius 3 is 2.23 bits per heavy atom. The minimum absolute atomic E-state index is 0.360. The van der Waals surface area contributed by atoms with Gasteiger partial charge in [0, 0.05) is 26.2 Å². The van der Waals surface area contributed by atoms with Crippen LogP contribution in [0.15, 0.2) is 35.2 Å². The number of H-pyrrole nitrogens is 1.